The molecule has 0 fully saturated rings. The zero-order valence-electron chi connectivity index (χ0n) is 13.9. The van der Waals surface area contributed by atoms with Crippen LogP contribution >= 0.6 is 0 Å². The van der Waals surface area contributed by atoms with Crippen LogP contribution in [0.2, 0.25) is 0 Å². The third kappa shape index (κ3) is 6.16. The molecule has 5 heteroatoms. The van der Waals surface area contributed by atoms with Crippen LogP contribution in [0.5, 0.6) is 0 Å². The van der Waals surface area contributed by atoms with Crippen molar-refractivity contribution in [2.75, 3.05) is 21.2 Å². The topological polar surface area (TPSA) is 54.3 Å². The Morgan fingerprint density at radius 1 is 1.35 bits per heavy atom. The Labute approximate surface area is 137 Å². The third-order valence-electron chi connectivity index (χ3n) is 2.78. The van der Waals surface area contributed by atoms with Gasteiger partial charge in [-0.1, -0.05) is 18.7 Å². The van der Waals surface area contributed by atoms with Crippen molar-refractivity contribution < 1.29 is 9.53 Å². The molecule has 0 amide bonds. The molecule has 0 aliphatic rings. The Kier molecular flexibility index (Phi) is 7.24. The van der Waals surface area contributed by atoms with Crippen LogP contribution in [0.1, 0.15) is 22.8 Å². The predicted octanol–water partition coefficient (Wildman–Crippen LogP) is 3.05. The molecule has 1 aromatic rings. The number of ether oxygens (including phenoxy) is 1. The van der Waals surface area contributed by atoms with Gasteiger partial charge in [0, 0.05) is 25.9 Å². The molecule has 0 heterocycles. The summed E-state index contributed by atoms with van der Waals surface area (Å²) in [5.74, 6) is -0.374. The van der Waals surface area contributed by atoms with E-state index in [9.17, 15) is 4.79 Å². The summed E-state index contributed by atoms with van der Waals surface area (Å²) in [6.45, 7) is 5.40. The average molecular weight is 311 g/mol. The number of benzene rings is 1. The maximum atomic E-state index is 11.6. The van der Waals surface area contributed by atoms with Crippen LogP contribution in [0, 0.1) is 0 Å². The smallest absolute Gasteiger partial charge is 0.337 e. The van der Waals surface area contributed by atoms with E-state index < -0.39 is 0 Å². The van der Waals surface area contributed by atoms with Crippen molar-refractivity contribution in [3.8, 4) is 0 Å². The number of esters is 1. The van der Waals surface area contributed by atoms with Crippen molar-refractivity contribution in [1.29, 1.82) is 0 Å². The standard InChI is InChI=1S/C18H21N3O2/c1-6-8-17(20-13-21(3)4)12-19-14(2)15-9-7-10-16(11-15)18(22)23-5/h7-13H,1H2,2-5H3/b17-12+,19-14+,20-13+. The Hall–Kier alpha value is -2.91. The molecule has 0 aliphatic carbocycles. The van der Waals surface area contributed by atoms with E-state index in [0.717, 1.165) is 11.3 Å². The maximum absolute atomic E-state index is 11.6. The van der Waals surface area contributed by atoms with E-state index in [1.54, 1.807) is 36.8 Å². The van der Waals surface area contributed by atoms with Gasteiger partial charge in [-0.15, -0.1) is 5.73 Å². The van der Waals surface area contributed by atoms with Gasteiger partial charge >= 0.3 is 5.97 Å². The first-order valence-corrected chi connectivity index (χ1v) is 6.97. The molecule has 1 aromatic carbocycles. The Morgan fingerprint density at radius 2 is 2.04 bits per heavy atom. The van der Waals surface area contributed by atoms with Crippen molar-refractivity contribution in [3.05, 3.63) is 65.7 Å². The Morgan fingerprint density at radius 3 is 2.65 bits per heavy atom. The number of hydrogen-bond donors (Lipinski definition) is 0. The van der Waals surface area contributed by atoms with Gasteiger partial charge in [0.1, 0.15) is 0 Å². The van der Waals surface area contributed by atoms with E-state index >= 15 is 0 Å². The monoisotopic (exact) mass is 311 g/mol. The van der Waals surface area contributed by atoms with Crippen LogP contribution in [-0.4, -0.2) is 44.1 Å². The van der Waals surface area contributed by atoms with Crippen molar-refractivity contribution in [2.45, 2.75) is 6.92 Å². The first-order valence-electron chi connectivity index (χ1n) is 6.97. The summed E-state index contributed by atoms with van der Waals surface area (Å²) in [6, 6.07) is 7.11. The Bertz CT molecular complexity index is 694. The lowest BCUT2D eigenvalue weighted by Crippen LogP contribution is -2.07. The van der Waals surface area contributed by atoms with Gasteiger partial charge < -0.3 is 9.64 Å². The summed E-state index contributed by atoms with van der Waals surface area (Å²) in [6.07, 6.45) is 4.93. The number of hydrogen-bond acceptors (Lipinski definition) is 4. The van der Waals surface area contributed by atoms with Crippen molar-refractivity contribution in [1.82, 2.24) is 4.90 Å². The summed E-state index contributed by atoms with van der Waals surface area (Å²) < 4.78 is 4.72. The van der Waals surface area contributed by atoms with Crippen LogP contribution in [0.25, 0.3) is 0 Å². The molecular formula is C18H21N3O2. The highest BCUT2D eigenvalue weighted by atomic mass is 16.5. The lowest BCUT2D eigenvalue weighted by molar-refractivity contribution is 0.0600. The maximum Gasteiger partial charge on any atom is 0.337 e. The molecule has 0 atom stereocenters. The number of aliphatic imine (C=N–C) groups is 2. The number of carbonyl (C=O) groups is 1. The number of rotatable bonds is 6. The third-order valence-corrected chi connectivity index (χ3v) is 2.78. The second-order valence-corrected chi connectivity index (χ2v) is 4.90. The van der Waals surface area contributed by atoms with Crippen LogP contribution in [0.4, 0.5) is 0 Å². The highest BCUT2D eigenvalue weighted by Crippen LogP contribution is 2.09. The molecule has 1 rings (SSSR count). The highest BCUT2D eigenvalue weighted by Gasteiger charge is 2.06. The van der Waals surface area contributed by atoms with Crippen molar-refractivity contribution in [3.63, 3.8) is 0 Å². The second kappa shape index (κ2) is 9.18. The van der Waals surface area contributed by atoms with E-state index in [0.29, 0.717) is 11.3 Å². The summed E-state index contributed by atoms with van der Waals surface area (Å²) in [5, 5.41) is 0. The number of methoxy groups -OCH3 is 1. The normalized spacial score (nSPS) is 12.0. The lowest BCUT2D eigenvalue weighted by atomic mass is 10.1. The van der Waals surface area contributed by atoms with Gasteiger partial charge in [0.2, 0.25) is 0 Å². The minimum absolute atomic E-state index is 0.374. The first kappa shape index (κ1) is 18.1. The zero-order valence-corrected chi connectivity index (χ0v) is 13.9. The van der Waals surface area contributed by atoms with Gasteiger partial charge in [0.15, 0.2) is 0 Å². The molecular weight excluding hydrogens is 290 g/mol. The van der Waals surface area contributed by atoms with Crippen LogP contribution in [0.3, 0.4) is 0 Å². The number of nitrogens with zero attached hydrogens (tertiary/aromatic N) is 3. The molecule has 120 valence electrons. The molecule has 0 radical (unpaired) electrons. The average Bonchev–Trinajstić information content (AvgIpc) is 2.56. The molecule has 0 aliphatic heterocycles. The predicted molar refractivity (Wildman–Crippen MR) is 94.0 cm³/mol. The fourth-order valence-electron chi connectivity index (χ4n) is 1.62. The molecule has 23 heavy (non-hydrogen) atoms. The second-order valence-electron chi connectivity index (χ2n) is 4.90. The van der Waals surface area contributed by atoms with Gasteiger partial charge in [-0.2, -0.15) is 0 Å². The van der Waals surface area contributed by atoms with Gasteiger partial charge in [0.05, 0.1) is 30.9 Å². The number of carbonyl (C=O) groups excluding carboxylic acids is 1. The van der Waals surface area contributed by atoms with E-state index in [4.69, 9.17) is 4.74 Å². The summed E-state index contributed by atoms with van der Waals surface area (Å²) in [7, 11) is 5.12. The lowest BCUT2D eigenvalue weighted by Gasteiger charge is -2.04. The van der Waals surface area contributed by atoms with E-state index in [1.807, 2.05) is 32.0 Å². The van der Waals surface area contributed by atoms with Crippen molar-refractivity contribution in [2.24, 2.45) is 9.98 Å². The molecule has 5 nitrogen and oxygen atoms in total. The molecule has 0 N–H and O–H groups in total. The molecule has 0 saturated heterocycles. The van der Waals surface area contributed by atoms with Gasteiger partial charge in [-0.05, 0) is 24.6 Å². The highest BCUT2D eigenvalue weighted by molar-refractivity contribution is 6.01. The van der Waals surface area contributed by atoms with Crippen LogP contribution in [-0.2, 0) is 4.74 Å². The van der Waals surface area contributed by atoms with E-state index in [1.165, 1.54) is 7.11 Å². The minimum atomic E-state index is -0.374. The van der Waals surface area contributed by atoms with E-state index in [2.05, 4.69) is 22.3 Å². The molecule has 0 unspecified atom stereocenters. The number of allylic oxidation sites excluding steroid dienone is 1. The van der Waals surface area contributed by atoms with Gasteiger partial charge in [0.25, 0.3) is 0 Å². The molecule has 0 bridgehead atoms. The fourth-order valence-corrected chi connectivity index (χ4v) is 1.62. The van der Waals surface area contributed by atoms with Gasteiger partial charge in [-0.3, -0.25) is 4.99 Å². The minimum Gasteiger partial charge on any atom is -0.465 e. The summed E-state index contributed by atoms with van der Waals surface area (Å²) in [4.78, 5) is 22.0. The van der Waals surface area contributed by atoms with Crippen LogP contribution in [0.15, 0.2) is 64.5 Å². The molecule has 0 saturated carbocycles. The largest absolute Gasteiger partial charge is 0.465 e. The van der Waals surface area contributed by atoms with E-state index in [-0.39, 0.29) is 5.97 Å². The summed E-state index contributed by atoms with van der Waals surface area (Å²) in [5.41, 5.74) is 5.38. The summed E-state index contributed by atoms with van der Waals surface area (Å²) >= 11 is 0. The Balaban J connectivity index is 3.08. The van der Waals surface area contributed by atoms with Crippen molar-refractivity contribution >= 4 is 18.0 Å². The van der Waals surface area contributed by atoms with Gasteiger partial charge in [-0.25, -0.2) is 9.79 Å². The molecule has 0 spiro atoms. The fraction of sp³-hybridized carbons (Fsp3) is 0.222. The SMILES string of the molecule is C=C=CC(=C\N=C(/C)c1cccc(C(=O)OC)c1)/N=C/N(C)C. The van der Waals surface area contributed by atoms with Crippen LogP contribution < -0.4 is 0 Å². The molecule has 0 aromatic heterocycles. The quantitative estimate of drug-likeness (QED) is 0.267. The zero-order chi connectivity index (χ0) is 17.2. The first-order chi connectivity index (χ1) is 11.0.